The number of benzene rings is 1. The van der Waals surface area contributed by atoms with Crippen LogP contribution < -0.4 is 10.5 Å². The van der Waals surface area contributed by atoms with Gasteiger partial charge in [0.25, 0.3) is 0 Å². The maximum absolute atomic E-state index is 8.71. The van der Waals surface area contributed by atoms with Crippen LogP contribution in [0.5, 0.6) is 5.75 Å². The lowest BCUT2D eigenvalue weighted by Crippen LogP contribution is -2.01. The average Bonchev–Trinajstić information content (AvgIpc) is 2.92. The summed E-state index contributed by atoms with van der Waals surface area (Å²) in [6.07, 6.45) is 2.50. The second kappa shape index (κ2) is 2.98. The summed E-state index contributed by atoms with van der Waals surface area (Å²) in [7, 11) is 0. The van der Waals surface area contributed by atoms with Crippen LogP contribution in [0, 0.1) is 11.3 Å². The molecule has 0 unspecified atom stereocenters. The summed E-state index contributed by atoms with van der Waals surface area (Å²) < 4.78 is 5.52. The Morgan fingerprint density at radius 3 is 2.85 bits per heavy atom. The lowest BCUT2D eigenvalue weighted by molar-refractivity contribution is 0.305. The van der Waals surface area contributed by atoms with Gasteiger partial charge in [-0.3, -0.25) is 0 Å². The molecule has 1 saturated carbocycles. The van der Waals surface area contributed by atoms with Crippen molar-refractivity contribution in [1.82, 2.24) is 0 Å². The van der Waals surface area contributed by atoms with Crippen molar-refractivity contribution in [2.75, 3.05) is 5.73 Å². The monoisotopic (exact) mass is 174 g/mol. The molecule has 0 radical (unpaired) electrons. The Labute approximate surface area is 76.7 Å². The van der Waals surface area contributed by atoms with Gasteiger partial charge >= 0.3 is 0 Å². The van der Waals surface area contributed by atoms with Crippen molar-refractivity contribution in [3.8, 4) is 11.8 Å². The molecule has 0 aromatic heterocycles. The summed E-state index contributed by atoms with van der Waals surface area (Å²) in [5, 5.41) is 8.71. The number of para-hydroxylation sites is 1. The lowest BCUT2D eigenvalue weighted by Gasteiger charge is -2.07. The summed E-state index contributed by atoms with van der Waals surface area (Å²) >= 11 is 0. The largest absolute Gasteiger partial charge is 0.488 e. The number of ether oxygens (including phenoxy) is 1. The van der Waals surface area contributed by atoms with Gasteiger partial charge < -0.3 is 10.5 Å². The zero-order valence-electron chi connectivity index (χ0n) is 7.16. The first-order chi connectivity index (χ1) is 6.31. The molecule has 0 spiro atoms. The van der Waals surface area contributed by atoms with Gasteiger partial charge in [-0.05, 0) is 25.0 Å². The molecule has 1 aromatic rings. The van der Waals surface area contributed by atoms with Crippen molar-refractivity contribution in [2.24, 2.45) is 0 Å². The smallest absolute Gasteiger partial charge is 0.143 e. The predicted octanol–water partition coefficient (Wildman–Crippen LogP) is 1.68. The quantitative estimate of drug-likeness (QED) is 0.694. The molecule has 13 heavy (non-hydrogen) atoms. The Kier molecular flexibility index (Phi) is 1.82. The molecule has 0 amide bonds. The van der Waals surface area contributed by atoms with Crippen LogP contribution in [0.2, 0.25) is 0 Å². The highest BCUT2D eigenvalue weighted by Gasteiger charge is 2.24. The molecule has 1 aliphatic carbocycles. The third kappa shape index (κ3) is 1.57. The molecule has 3 nitrogen and oxygen atoms in total. The van der Waals surface area contributed by atoms with Crippen molar-refractivity contribution in [3.05, 3.63) is 23.8 Å². The van der Waals surface area contributed by atoms with Gasteiger partial charge in [0.05, 0.1) is 17.4 Å². The number of anilines is 1. The van der Waals surface area contributed by atoms with Gasteiger partial charge in [0, 0.05) is 0 Å². The molecule has 3 heteroatoms. The summed E-state index contributed by atoms with van der Waals surface area (Å²) in [5.41, 5.74) is 6.66. The number of hydrogen-bond acceptors (Lipinski definition) is 3. The van der Waals surface area contributed by atoms with Gasteiger partial charge in [-0.2, -0.15) is 5.26 Å². The molecule has 2 N–H and O–H groups in total. The van der Waals surface area contributed by atoms with E-state index in [0.29, 0.717) is 23.1 Å². The van der Waals surface area contributed by atoms with Gasteiger partial charge in [0.1, 0.15) is 11.8 Å². The first-order valence-corrected chi connectivity index (χ1v) is 4.26. The van der Waals surface area contributed by atoms with E-state index < -0.39 is 0 Å². The maximum Gasteiger partial charge on any atom is 0.143 e. The van der Waals surface area contributed by atoms with Gasteiger partial charge in [0.2, 0.25) is 0 Å². The summed E-state index contributed by atoms with van der Waals surface area (Å²) in [6, 6.07) is 7.30. The maximum atomic E-state index is 8.71. The van der Waals surface area contributed by atoms with E-state index in [9.17, 15) is 0 Å². The minimum atomic E-state index is 0.316. The van der Waals surface area contributed by atoms with Crippen molar-refractivity contribution in [2.45, 2.75) is 18.9 Å². The van der Waals surface area contributed by atoms with Gasteiger partial charge in [-0.1, -0.05) is 6.07 Å². The van der Waals surface area contributed by atoms with Crippen LogP contribution >= 0.6 is 0 Å². The highest BCUT2D eigenvalue weighted by Crippen LogP contribution is 2.31. The molecule has 0 aliphatic heterocycles. The van der Waals surface area contributed by atoms with Crippen molar-refractivity contribution in [1.29, 1.82) is 5.26 Å². The predicted molar refractivity (Wildman–Crippen MR) is 49.2 cm³/mol. The van der Waals surface area contributed by atoms with Crippen LogP contribution in [0.25, 0.3) is 0 Å². The fourth-order valence-electron chi connectivity index (χ4n) is 1.11. The van der Waals surface area contributed by atoms with Crippen LogP contribution in [-0.2, 0) is 0 Å². The fraction of sp³-hybridized carbons (Fsp3) is 0.300. The highest BCUT2D eigenvalue weighted by atomic mass is 16.5. The lowest BCUT2D eigenvalue weighted by atomic mass is 10.2. The summed E-state index contributed by atoms with van der Waals surface area (Å²) in [6.45, 7) is 0. The molecule has 1 fully saturated rings. The van der Waals surface area contributed by atoms with Crippen LogP contribution in [0.15, 0.2) is 18.2 Å². The Hall–Kier alpha value is -1.69. The minimum absolute atomic E-state index is 0.316. The van der Waals surface area contributed by atoms with E-state index in [-0.39, 0.29) is 0 Å². The first-order valence-electron chi connectivity index (χ1n) is 4.26. The number of nitrogens with two attached hydrogens (primary N) is 1. The highest BCUT2D eigenvalue weighted by molar-refractivity contribution is 5.63. The second-order valence-electron chi connectivity index (χ2n) is 3.15. The Bertz CT molecular complexity index is 364. The number of nitrogens with zero attached hydrogens (tertiary/aromatic N) is 1. The molecule has 0 saturated heterocycles. The fourth-order valence-corrected chi connectivity index (χ4v) is 1.11. The van der Waals surface area contributed by atoms with Gasteiger partial charge in [-0.25, -0.2) is 0 Å². The molecule has 1 aliphatic rings. The van der Waals surface area contributed by atoms with Crippen molar-refractivity contribution >= 4 is 5.69 Å². The Balaban J connectivity index is 2.28. The number of nitriles is 1. The zero-order chi connectivity index (χ0) is 9.26. The summed E-state index contributed by atoms with van der Waals surface area (Å²) in [5.74, 6) is 0.640. The van der Waals surface area contributed by atoms with Crippen molar-refractivity contribution < 1.29 is 4.74 Å². The Morgan fingerprint density at radius 2 is 2.23 bits per heavy atom. The Morgan fingerprint density at radius 1 is 1.46 bits per heavy atom. The molecule has 0 heterocycles. The zero-order valence-corrected chi connectivity index (χ0v) is 7.16. The molecule has 1 aromatic carbocycles. The third-order valence-corrected chi connectivity index (χ3v) is 2.00. The van der Waals surface area contributed by atoms with Crippen LogP contribution in [0.3, 0.4) is 0 Å². The molecule has 66 valence electrons. The van der Waals surface area contributed by atoms with E-state index in [1.165, 1.54) is 0 Å². The van der Waals surface area contributed by atoms with E-state index in [4.69, 9.17) is 15.7 Å². The average molecular weight is 174 g/mol. The second-order valence-corrected chi connectivity index (χ2v) is 3.15. The molecular weight excluding hydrogens is 164 g/mol. The van der Waals surface area contributed by atoms with E-state index in [1.807, 2.05) is 6.07 Å². The van der Waals surface area contributed by atoms with Gasteiger partial charge in [-0.15, -0.1) is 0 Å². The standard InChI is InChI=1S/C10H10N2O/c11-6-7-2-1-3-9(10(7)12)13-8-4-5-8/h1-3,8H,4-5,12H2. The molecule has 2 rings (SSSR count). The topological polar surface area (TPSA) is 59.0 Å². The number of rotatable bonds is 2. The van der Waals surface area contributed by atoms with Crippen LogP contribution in [0.1, 0.15) is 18.4 Å². The van der Waals surface area contributed by atoms with E-state index in [1.54, 1.807) is 18.2 Å². The summed E-state index contributed by atoms with van der Waals surface area (Å²) in [4.78, 5) is 0. The van der Waals surface area contributed by atoms with E-state index in [2.05, 4.69) is 0 Å². The molecule has 0 atom stereocenters. The first kappa shape index (κ1) is 7.93. The molecule has 0 bridgehead atoms. The third-order valence-electron chi connectivity index (χ3n) is 2.00. The van der Waals surface area contributed by atoms with Crippen LogP contribution in [-0.4, -0.2) is 6.10 Å². The van der Waals surface area contributed by atoms with Crippen molar-refractivity contribution in [3.63, 3.8) is 0 Å². The minimum Gasteiger partial charge on any atom is -0.488 e. The normalized spacial score (nSPS) is 15.0. The SMILES string of the molecule is N#Cc1cccc(OC2CC2)c1N. The number of hydrogen-bond donors (Lipinski definition) is 1. The number of nitrogen functional groups attached to an aromatic ring is 1. The molecular formula is C10H10N2O. The van der Waals surface area contributed by atoms with E-state index >= 15 is 0 Å². The van der Waals surface area contributed by atoms with Gasteiger partial charge in [0.15, 0.2) is 0 Å². The van der Waals surface area contributed by atoms with E-state index in [0.717, 1.165) is 12.8 Å². The van der Waals surface area contributed by atoms with Crippen LogP contribution in [0.4, 0.5) is 5.69 Å².